The fourth-order valence-corrected chi connectivity index (χ4v) is 4.78. The average molecular weight is 373 g/mol. The van der Waals surface area contributed by atoms with Gasteiger partial charge in [-0.1, -0.05) is 37.5 Å². The monoisotopic (exact) mass is 373 g/mol. The lowest BCUT2D eigenvalue weighted by Gasteiger charge is -2.24. The second-order valence-corrected chi connectivity index (χ2v) is 7.70. The summed E-state index contributed by atoms with van der Waals surface area (Å²) < 4.78 is 8.17. The van der Waals surface area contributed by atoms with E-state index < -0.39 is 5.97 Å². The number of nitrogens with zero attached hydrogens (tertiary/aromatic N) is 1. The van der Waals surface area contributed by atoms with Crippen LogP contribution in [-0.2, 0) is 0 Å². The maximum atomic E-state index is 11.6. The molecule has 28 heavy (non-hydrogen) atoms. The lowest BCUT2D eigenvalue weighted by atomic mass is 9.81. The van der Waals surface area contributed by atoms with Crippen LogP contribution in [0.25, 0.3) is 28.4 Å². The standard InChI is InChI=1S/C24H23NO3/c26-24(27)17-11-12-18-20(15-17)25-13-6-14-28-21-10-5-4-9-19(21)23(25)22(18)16-7-2-1-3-8-16/h4-6,9-13,15-16H,1-3,7-8,14H2,(H,26,27)/b13-6-. The van der Waals surface area contributed by atoms with E-state index in [2.05, 4.69) is 10.6 Å². The van der Waals surface area contributed by atoms with Gasteiger partial charge in [-0.25, -0.2) is 4.79 Å². The Hall–Kier alpha value is -3.01. The van der Waals surface area contributed by atoms with Crippen LogP contribution >= 0.6 is 0 Å². The number of carboxylic acid groups (broad SMARTS) is 1. The molecule has 0 unspecified atom stereocenters. The third kappa shape index (κ3) is 2.71. The molecule has 0 saturated heterocycles. The molecule has 0 radical (unpaired) electrons. The van der Waals surface area contributed by atoms with Crippen LogP contribution in [0.5, 0.6) is 5.75 Å². The minimum atomic E-state index is -0.893. The molecule has 1 fully saturated rings. The zero-order valence-corrected chi connectivity index (χ0v) is 15.7. The Bertz CT molecular complexity index is 1090. The topological polar surface area (TPSA) is 51.5 Å². The van der Waals surface area contributed by atoms with E-state index >= 15 is 0 Å². The highest BCUT2D eigenvalue weighted by Gasteiger charge is 2.28. The van der Waals surface area contributed by atoms with Crippen LogP contribution in [0.3, 0.4) is 0 Å². The van der Waals surface area contributed by atoms with Crippen LogP contribution in [0.15, 0.2) is 48.5 Å². The fraction of sp³-hybridized carbons (Fsp3) is 0.292. The molecule has 0 spiro atoms. The maximum absolute atomic E-state index is 11.6. The third-order valence-electron chi connectivity index (χ3n) is 6.04. The predicted molar refractivity (Wildman–Crippen MR) is 111 cm³/mol. The second kappa shape index (κ2) is 6.86. The number of benzene rings is 2. The molecule has 142 valence electrons. The molecule has 3 aromatic rings. The van der Waals surface area contributed by atoms with E-state index in [1.165, 1.54) is 37.7 Å². The van der Waals surface area contributed by atoms with Crippen molar-refractivity contribution in [3.8, 4) is 17.0 Å². The van der Waals surface area contributed by atoms with E-state index in [4.69, 9.17) is 4.74 Å². The molecule has 1 aliphatic carbocycles. The first-order valence-corrected chi connectivity index (χ1v) is 10.0. The summed E-state index contributed by atoms with van der Waals surface area (Å²) in [6.07, 6.45) is 10.2. The highest BCUT2D eigenvalue weighted by molar-refractivity contribution is 6.00. The molecular weight excluding hydrogens is 350 g/mol. The highest BCUT2D eigenvalue weighted by Crippen LogP contribution is 2.46. The van der Waals surface area contributed by atoms with Crippen molar-refractivity contribution in [2.45, 2.75) is 38.0 Å². The number of hydrogen-bond donors (Lipinski definition) is 1. The summed E-state index contributed by atoms with van der Waals surface area (Å²) in [5.41, 5.74) is 4.86. The molecule has 4 heteroatoms. The molecule has 0 amide bonds. The van der Waals surface area contributed by atoms with Gasteiger partial charge in [-0.15, -0.1) is 0 Å². The van der Waals surface area contributed by atoms with Crippen molar-refractivity contribution in [1.82, 2.24) is 4.57 Å². The average Bonchev–Trinajstić information content (AvgIpc) is 3.03. The van der Waals surface area contributed by atoms with Gasteiger partial charge in [0.25, 0.3) is 0 Å². The van der Waals surface area contributed by atoms with Gasteiger partial charge in [0.05, 0.1) is 16.8 Å². The van der Waals surface area contributed by atoms with Gasteiger partial charge >= 0.3 is 5.97 Å². The molecule has 1 saturated carbocycles. The quantitative estimate of drug-likeness (QED) is 0.607. The first-order chi connectivity index (χ1) is 13.7. The Morgan fingerprint density at radius 1 is 1.07 bits per heavy atom. The number of ether oxygens (including phenoxy) is 1. The summed E-state index contributed by atoms with van der Waals surface area (Å²) in [7, 11) is 0. The number of aromatic carboxylic acids is 1. The van der Waals surface area contributed by atoms with Crippen molar-refractivity contribution in [2.24, 2.45) is 0 Å². The fourth-order valence-electron chi connectivity index (χ4n) is 4.78. The van der Waals surface area contributed by atoms with Crippen LogP contribution < -0.4 is 4.74 Å². The Morgan fingerprint density at radius 3 is 2.71 bits per heavy atom. The second-order valence-electron chi connectivity index (χ2n) is 7.70. The molecule has 4 nitrogen and oxygen atoms in total. The van der Waals surface area contributed by atoms with Crippen molar-refractivity contribution < 1.29 is 14.6 Å². The molecule has 2 aliphatic rings. The smallest absolute Gasteiger partial charge is 0.335 e. The van der Waals surface area contributed by atoms with Gasteiger partial charge in [-0.2, -0.15) is 0 Å². The van der Waals surface area contributed by atoms with Crippen molar-refractivity contribution in [1.29, 1.82) is 0 Å². The normalized spacial score (nSPS) is 17.9. The zero-order chi connectivity index (χ0) is 19.1. The predicted octanol–water partition coefficient (Wildman–Crippen LogP) is 5.92. The lowest BCUT2D eigenvalue weighted by Crippen LogP contribution is -2.08. The van der Waals surface area contributed by atoms with Gasteiger partial charge in [0.2, 0.25) is 0 Å². The van der Waals surface area contributed by atoms with Crippen LogP contribution in [0.2, 0.25) is 0 Å². The van der Waals surface area contributed by atoms with Crippen LogP contribution in [0, 0.1) is 0 Å². The summed E-state index contributed by atoms with van der Waals surface area (Å²) in [4.78, 5) is 11.6. The Balaban J connectivity index is 1.87. The lowest BCUT2D eigenvalue weighted by molar-refractivity contribution is 0.0697. The molecule has 1 aromatic heterocycles. The highest BCUT2D eigenvalue weighted by atomic mass is 16.5. The Labute approximate surface area is 164 Å². The number of para-hydroxylation sites is 1. The molecule has 5 rings (SSSR count). The number of hydrogen-bond acceptors (Lipinski definition) is 2. The van der Waals surface area contributed by atoms with E-state index in [1.54, 1.807) is 6.07 Å². The van der Waals surface area contributed by atoms with E-state index in [-0.39, 0.29) is 0 Å². The molecule has 2 aromatic carbocycles. The first-order valence-electron chi connectivity index (χ1n) is 10.0. The molecular formula is C24H23NO3. The Morgan fingerprint density at radius 2 is 1.89 bits per heavy atom. The molecule has 1 N–H and O–H groups in total. The van der Waals surface area contributed by atoms with E-state index in [0.29, 0.717) is 18.1 Å². The number of aromatic nitrogens is 1. The van der Waals surface area contributed by atoms with Crippen molar-refractivity contribution in [2.75, 3.05) is 6.61 Å². The summed E-state index contributed by atoms with van der Waals surface area (Å²) >= 11 is 0. The SMILES string of the molecule is O=C(O)c1ccc2c(C3CCCCC3)c3n(c2c1)/C=C\COc1ccccc1-3. The van der Waals surface area contributed by atoms with E-state index in [9.17, 15) is 9.90 Å². The number of carboxylic acids is 1. The number of rotatable bonds is 2. The first kappa shape index (κ1) is 17.1. The summed E-state index contributed by atoms with van der Waals surface area (Å²) in [5.74, 6) is 0.478. The summed E-state index contributed by atoms with van der Waals surface area (Å²) in [5, 5.41) is 10.7. The zero-order valence-electron chi connectivity index (χ0n) is 15.7. The van der Waals surface area contributed by atoms with Gasteiger partial charge in [-0.05, 0) is 54.7 Å². The number of carbonyl (C=O) groups is 1. The molecule has 1 aliphatic heterocycles. The van der Waals surface area contributed by atoms with Crippen molar-refractivity contribution in [3.63, 3.8) is 0 Å². The molecule has 0 bridgehead atoms. The van der Waals surface area contributed by atoms with Gasteiger partial charge in [0.15, 0.2) is 0 Å². The van der Waals surface area contributed by atoms with Gasteiger partial charge in [-0.3, -0.25) is 0 Å². The minimum absolute atomic E-state index is 0.322. The van der Waals surface area contributed by atoms with Gasteiger partial charge < -0.3 is 14.4 Å². The Kier molecular flexibility index (Phi) is 4.19. The minimum Gasteiger partial charge on any atom is -0.489 e. The van der Waals surface area contributed by atoms with E-state index in [1.807, 2.05) is 42.6 Å². The summed E-state index contributed by atoms with van der Waals surface area (Å²) in [6, 6.07) is 13.7. The van der Waals surface area contributed by atoms with Gasteiger partial charge in [0, 0.05) is 17.1 Å². The summed E-state index contributed by atoms with van der Waals surface area (Å²) in [6.45, 7) is 0.494. The number of fused-ring (bicyclic) bond motifs is 5. The largest absolute Gasteiger partial charge is 0.489 e. The third-order valence-corrected chi connectivity index (χ3v) is 6.04. The van der Waals surface area contributed by atoms with Crippen LogP contribution in [0.4, 0.5) is 0 Å². The maximum Gasteiger partial charge on any atom is 0.335 e. The van der Waals surface area contributed by atoms with Crippen molar-refractivity contribution >= 4 is 23.1 Å². The van der Waals surface area contributed by atoms with Gasteiger partial charge in [0.1, 0.15) is 12.4 Å². The molecule has 2 heterocycles. The molecule has 0 atom stereocenters. The van der Waals surface area contributed by atoms with Crippen LogP contribution in [-0.4, -0.2) is 22.2 Å². The van der Waals surface area contributed by atoms with E-state index in [0.717, 1.165) is 27.9 Å². The van der Waals surface area contributed by atoms with Crippen molar-refractivity contribution in [3.05, 3.63) is 59.7 Å². The van der Waals surface area contributed by atoms with Crippen LogP contribution in [0.1, 0.15) is 53.9 Å².